The Hall–Kier alpha value is -7.57. The van der Waals surface area contributed by atoms with E-state index in [4.69, 9.17) is 21.1 Å². The van der Waals surface area contributed by atoms with Crippen LogP contribution in [0.1, 0.15) is 89.0 Å². The molecule has 5 N–H and O–H groups in total. The molecule has 0 aromatic heterocycles. The Morgan fingerprint density at radius 1 is 0.760 bits per heavy atom. The van der Waals surface area contributed by atoms with E-state index >= 15 is 0 Å². The zero-order valence-electron chi connectivity index (χ0n) is 53.3. The normalized spacial score (nSPS) is 18.5. The van der Waals surface area contributed by atoms with Gasteiger partial charge in [0.25, 0.3) is 37.6 Å². The van der Waals surface area contributed by atoms with Crippen LogP contribution >= 0.6 is 23.4 Å². The van der Waals surface area contributed by atoms with Crippen LogP contribution in [0.3, 0.4) is 0 Å². The molecule has 3 saturated heterocycles. The van der Waals surface area contributed by atoms with Crippen LogP contribution in [0.25, 0.3) is 5.57 Å². The molecule has 7 amide bonds. The number of ether oxygens (including phenoxy) is 2. The number of thioether (sulfide) groups is 1. The second kappa shape index (κ2) is 31.3. The molecule has 5 aromatic carbocycles. The fourth-order valence-corrected chi connectivity index (χ4v) is 15.6. The van der Waals surface area contributed by atoms with Crippen molar-refractivity contribution in [3.05, 3.63) is 148 Å². The minimum absolute atomic E-state index is 0.0117. The lowest BCUT2D eigenvalue weighted by atomic mass is 9.73. The van der Waals surface area contributed by atoms with Gasteiger partial charge in [-0.3, -0.25) is 44.0 Å². The van der Waals surface area contributed by atoms with E-state index in [9.17, 15) is 58.8 Å². The number of piperazine rings is 2. The van der Waals surface area contributed by atoms with E-state index in [1.165, 1.54) is 46.7 Å². The number of nitrogens with one attached hydrogen (secondary N) is 5. The second-order valence-electron chi connectivity index (χ2n) is 24.9. The number of piperidine rings is 1. The number of carbonyl (C=O) groups is 6. The molecular weight excluding hydrogens is 1330 g/mol. The number of allylic oxidation sites excluding steroid dienone is 1. The number of alkyl halides is 3. The summed E-state index contributed by atoms with van der Waals surface area (Å²) in [6.45, 7) is 11.8. The Balaban J connectivity index is 0.675. The molecule has 10 rings (SSSR count). The van der Waals surface area contributed by atoms with Gasteiger partial charge in [-0.05, 0) is 128 Å². The van der Waals surface area contributed by atoms with Gasteiger partial charge in [0.05, 0.1) is 48.1 Å². The first-order valence-electron chi connectivity index (χ1n) is 31.8. The zero-order valence-corrected chi connectivity index (χ0v) is 56.5. The molecule has 0 saturated carbocycles. The van der Waals surface area contributed by atoms with Crippen LogP contribution in [-0.4, -0.2) is 200 Å². The quantitative estimate of drug-likeness (QED) is 0.0188. The maximum Gasteiger partial charge on any atom is 0.501 e. The number of urea groups is 1. The topological polar surface area (TPSA) is 266 Å². The molecule has 5 aliphatic rings. The number of halogens is 4. The number of rotatable bonds is 27. The van der Waals surface area contributed by atoms with Gasteiger partial charge in [-0.15, -0.1) is 11.8 Å². The summed E-state index contributed by atoms with van der Waals surface area (Å²) < 4.78 is 111. The van der Waals surface area contributed by atoms with E-state index in [1.54, 1.807) is 29.2 Å². The van der Waals surface area contributed by atoms with Gasteiger partial charge in [-0.25, -0.2) is 26.4 Å². The Morgan fingerprint density at radius 2 is 1.45 bits per heavy atom. The first-order valence-corrected chi connectivity index (χ1v) is 36.2. The average molecular weight is 1400 g/mol. The van der Waals surface area contributed by atoms with Crippen LogP contribution in [-0.2, 0) is 38.9 Å². The molecule has 514 valence electrons. The SMILES string of the molecule is CC1(C)CCC(c2ccc(Cl)cc2)=C(CN2CCN(c3ccc(C(=O)NS(=O)(=O)c4ccc(N[C@H](CCN5CCN(C(=O)NCCOCCOCCNc6cccc7c6C(=O)N([C@@H]6CCC(=O)NC6=O)C7=O)CC5)CSc5ccccc5)c(S(=O)(=O)C(F)(F)F)c4)cc3)CC2)C1. The molecule has 1 aliphatic carbocycles. The predicted molar refractivity (Wildman–Crippen MR) is 359 cm³/mol. The zero-order chi connectivity index (χ0) is 68.4. The minimum Gasteiger partial charge on any atom is -0.382 e. The lowest BCUT2D eigenvalue weighted by Crippen LogP contribution is -2.54. The molecule has 4 aliphatic heterocycles. The Bertz CT molecular complexity index is 3930. The van der Waals surface area contributed by atoms with Crippen molar-refractivity contribution in [2.45, 2.75) is 84.7 Å². The van der Waals surface area contributed by atoms with Crippen molar-refractivity contribution in [2.24, 2.45) is 5.41 Å². The number of benzene rings is 5. The smallest absolute Gasteiger partial charge is 0.382 e. The van der Waals surface area contributed by atoms with Crippen LogP contribution in [0.15, 0.2) is 136 Å². The average Bonchev–Trinajstić information content (AvgIpc) is 1.64. The van der Waals surface area contributed by atoms with Crippen molar-refractivity contribution in [2.75, 3.05) is 126 Å². The summed E-state index contributed by atoms with van der Waals surface area (Å²) in [5.41, 5.74) is -0.648. The van der Waals surface area contributed by atoms with Gasteiger partial charge in [0.1, 0.15) is 10.9 Å². The molecule has 2 atom stereocenters. The van der Waals surface area contributed by atoms with E-state index < -0.39 is 82.5 Å². The van der Waals surface area contributed by atoms with E-state index in [1.807, 2.05) is 47.2 Å². The summed E-state index contributed by atoms with van der Waals surface area (Å²) in [5, 5.41) is 11.8. The maximum absolute atomic E-state index is 14.5. The molecule has 96 heavy (non-hydrogen) atoms. The summed E-state index contributed by atoms with van der Waals surface area (Å²) in [6.07, 6.45) is 3.44. The molecule has 22 nitrogen and oxygen atoms in total. The van der Waals surface area contributed by atoms with Gasteiger partial charge in [0.2, 0.25) is 11.8 Å². The van der Waals surface area contributed by atoms with Gasteiger partial charge in [-0.1, -0.05) is 67.4 Å². The molecule has 0 bridgehead atoms. The Kier molecular flexibility index (Phi) is 23.2. The van der Waals surface area contributed by atoms with Crippen LogP contribution in [0.5, 0.6) is 0 Å². The van der Waals surface area contributed by atoms with Crippen molar-refractivity contribution >= 4 is 101 Å². The minimum atomic E-state index is -6.17. The third kappa shape index (κ3) is 17.8. The highest BCUT2D eigenvalue weighted by Gasteiger charge is 2.49. The Morgan fingerprint density at radius 3 is 2.14 bits per heavy atom. The number of amides is 7. The van der Waals surface area contributed by atoms with Crippen LogP contribution in [0.2, 0.25) is 5.02 Å². The highest BCUT2D eigenvalue weighted by atomic mass is 35.5. The third-order valence-electron chi connectivity index (χ3n) is 17.7. The summed E-state index contributed by atoms with van der Waals surface area (Å²) in [4.78, 5) is 85.2. The molecule has 4 heterocycles. The second-order valence-corrected chi connectivity index (χ2v) is 30.0. The predicted octanol–water partition coefficient (Wildman–Crippen LogP) is 8.37. The number of nitrogens with zero attached hydrogens (tertiary/aromatic N) is 5. The van der Waals surface area contributed by atoms with Crippen LogP contribution < -0.4 is 30.9 Å². The summed E-state index contributed by atoms with van der Waals surface area (Å²) >= 11 is 7.60. The number of anilines is 3. The first kappa shape index (κ1) is 71.2. The van der Waals surface area contributed by atoms with Gasteiger partial charge in [0, 0.05) is 124 Å². The largest absolute Gasteiger partial charge is 0.501 e. The number of fused-ring (bicyclic) bond motifs is 1. The van der Waals surface area contributed by atoms with Gasteiger partial charge >= 0.3 is 11.5 Å². The molecule has 5 aromatic rings. The van der Waals surface area contributed by atoms with Crippen molar-refractivity contribution in [3.8, 4) is 0 Å². The van der Waals surface area contributed by atoms with E-state index in [2.05, 4.69) is 61.9 Å². The van der Waals surface area contributed by atoms with Crippen molar-refractivity contribution in [1.29, 1.82) is 0 Å². The standard InChI is InChI=1S/C67H78ClF3N10O12S3/c1-66(2)25-23-53(45-11-15-48(68)16-12-45)47(42-66)43-78-31-33-79(34-32-78)50-17-13-46(14-18-50)61(83)76-96(90,91)52-19-20-55(58(41-52)95(88,89)67(69,70)71)74-49(44-94-51-7-4-3-5-8-51)24-28-77-29-35-80(36-30-77)65(87)73-27-38-93-40-39-92-37-26-72-56-10-6-9-54-60(56)64(86)81(63(54)85)57-21-22-59(82)75-62(57)84/h3-20,41,49,57,72,74H,21-40,42-44H2,1-2H3,(H,73,87)(H,76,83)(H,75,82,84)/t49-,57-/m1/s1. The van der Waals surface area contributed by atoms with Gasteiger partial charge < -0.3 is 35.2 Å². The number of hydrogen-bond acceptors (Lipinski definition) is 18. The third-order valence-corrected chi connectivity index (χ3v) is 21.9. The lowest BCUT2D eigenvalue weighted by molar-refractivity contribution is -0.136. The van der Waals surface area contributed by atoms with Crippen LogP contribution in [0, 0.1) is 5.41 Å². The number of carbonyl (C=O) groups excluding carboxylic acids is 6. The molecule has 0 unspecified atom stereocenters. The van der Waals surface area contributed by atoms with Crippen LogP contribution in [0.4, 0.5) is 35.0 Å². The molecule has 0 spiro atoms. The van der Waals surface area contributed by atoms with Crippen molar-refractivity contribution < 1.29 is 68.2 Å². The monoisotopic (exact) mass is 1400 g/mol. The maximum atomic E-state index is 14.5. The van der Waals surface area contributed by atoms with E-state index in [-0.39, 0.29) is 86.2 Å². The van der Waals surface area contributed by atoms with Gasteiger partial charge in [0.15, 0.2) is 0 Å². The molecule has 29 heteroatoms. The highest BCUT2D eigenvalue weighted by Crippen LogP contribution is 2.43. The molecule has 3 fully saturated rings. The summed E-state index contributed by atoms with van der Waals surface area (Å²) in [6, 6.07) is 28.6. The fourth-order valence-electron chi connectivity index (χ4n) is 12.4. The number of hydrogen-bond donors (Lipinski definition) is 5. The lowest BCUT2D eigenvalue weighted by Gasteiger charge is -2.39. The van der Waals surface area contributed by atoms with Crippen molar-refractivity contribution in [3.63, 3.8) is 0 Å². The number of sulfonamides is 1. The molecular formula is C67H78ClF3N10O12S3. The first-order chi connectivity index (χ1) is 45.8. The Labute approximate surface area is 565 Å². The van der Waals surface area contributed by atoms with Gasteiger partial charge in [-0.2, -0.15) is 13.2 Å². The van der Waals surface area contributed by atoms with Crippen molar-refractivity contribution in [1.82, 2.24) is 35.0 Å². The number of imide groups is 2. The molecule has 0 radical (unpaired) electrons. The highest BCUT2D eigenvalue weighted by molar-refractivity contribution is 7.99. The number of sulfone groups is 1. The fraction of sp³-hybridized carbons (Fsp3) is 0.433. The summed E-state index contributed by atoms with van der Waals surface area (Å²) in [5.74, 6) is -3.19. The van der Waals surface area contributed by atoms with E-state index in [0.717, 1.165) is 66.5 Å². The van der Waals surface area contributed by atoms with E-state index in [0.29, 0.717) is 69.0 Å². The summed E-state index contributed by atoms with van der Waals surface area (Å²) in [7, 11) is -11.1.